The van der Waals surface area contributed by atoms with Crippen LogP contribution in [0, 0.1) is 0 Å². The summed E-state index contributed by atoms with van der Waals surface area (Å²) in [6.07, 6.45) is 1.80. The highest BCUT2D eigenvalue weighted by Gasteiger charge is 2.15. The van der Waals surface area contributed by atoms with E-state index < -0.39 is 0 Å². The minimum Gasteiger partial charge on any atom is -0.255 e. The van der Waals surface area contributed by atoms with Gasteiger partial charge in [-0.05, 0) is 83.9 Å². The maximum absolute atomic E-state index is 5.25. The van der Waals surface area contributed by atoms with Gasteiger partial charge in [-0.3, -0.25) is 4.98 Å². The van der Waals surface area contributed by atoms with Crippen molar-refractivity contribution in [3.8, 4) is 56.3 Å². The normalized spacial score (nSPS) is 11.5. The molecule has 0 aliphatic carbocycles. The van der Waals surface area contributed by atoms with Crippen molar-refractivity contribution in [1.82, 2.24) is 24.9 Å². The third-order valence-corrected chi connectivity index (χ3v) is 9.69. The van der Waals surface area contributed by atoms with Gasteiger partial charge in [-0.2, -0.15) is 0 Å². The van der Waals surface area contributed by atoms with E-state index in [2.05, 4.69) is 114 Å². The zero-order valence-electron chi connectivity index (χ0n) is 28.0. The van der Waals surface area contributed by atoms with Crippen molar-refractivity contribution in [3.63, 3.8) is 0 Å². The van der Waals surface area contributed by atoms with E-state index in [-0.39, 0.29) is 0 Å². The van der Waals surface area contributed by atoms with Crippen molar-refractivity contribution in [2.45, 2.75) is 0 Å². The minimum atomic E-state index is 0.863. The molecule has 0 aliphatic rings. The lowest BCUT2D eigenvalue weighted by atomic mass is 9.98. The van der Waals surface area contributed by atoms with E-state index in [1.807, 2.05) is 60.7 Å². The fourth-order valence-corrected chi connectivity index (χ4v) is 7.03. The van der Waals surface area contributed by atoms with Crippen molar-refractivity contribution in [3.05, 3.63) is 176 Å². The largest absolute Gasteiger partial charge is 0.255 e. The second kappa shape index (κ2) is 12.3. The van der Waals surface area contributed by atoms with Crippen molar-refractivity contribution >= 4 is 43.6 Å². The first-order valence-electron chi connectivity index (χ1n) is 17.3. The Bertz CT molecular complexity index is 2940. The molecule has 0 N–H and O–H groups in total. The second-order valence-electron chi connectivity index (χ2n) is 12.9. The highest BCUT2D eigenvalue weighted by atomic mass is 14.8. The van der Waals surface area contributed by atoms with Gasteiger partial charge in [0.05, 0.1) is 50.5 Å². The number of pyridine rings is 5. The summed E-state index contributed by atoms with van der Waals surface area (Å²) >= 11 is 0. The standard InChI is InChI=1S/C47H29N5/c1-3-9-30(10-4-1)39-22-18-36-29-38(37-19-25-40(31-11-5-2-6-12-31)52-47(37)46(36)51-39)43-23-16-34-27-32(14-20-41(34)49-43)33-15-21-42-35(28-33)17-24-45(50-42)44-13-7-8-26-48-44/h1-29H. The van der Waals surface area contributed by atoms with Crippen LogP contribution in [-0.4, -0.2) is 24.9 Å². The molecule has 0 radical (unpaired) electrons. The lowest BCUT2D eigenvalue weighted by Crippen LogP contribution is -1.94. The Kier molecular flexibility index (Phi) is 7.07. The van der Waals surface area contributed by atoms with Crippen LogP contribution in [0.3, 0.4) is 0 Å². The van der Waals surface area contributed by atoms with Gasteiger partial charge in [0.1, 0.15) is 0 Å². The molecule has 0 saturated carbocycles. The fourth-order valence-electron chi connectivity index (χ4n) is 7.03. The first-order chi connectivity index (χ1) is 25.7. The molecule has 5 heteroatoms. The molecule has 0 fully saturated rings. The van der Waals surface area contributed by atoms with Gasteiger partial charge in [0.2, 0.25) is 0 Å². The van der Waals surface area contributed by atoms with E-state index in [0.29, 0.717) is 0 Å². The van der Waals surface area contributed by atoms with Gasteiger partial charge < -0.3 is 0 Å². The van der Waals surface area contributed by atoms with Gasteiger partial charge in [0, 0.05) is 44.4 Å². The van der Waals surface area contributed by atoms with E-state index in [9.17, 15) is 0 Å². The molecule has 52 heavy (non-hydrogen) atoms. The molecule has 10 aromatic rings. The summed E-state index contributed by atoms with van der Waals surface area (Å²) in [6, 6.07) is 58.5. The van der Waals surface area contributed by atoms with Crippen molar-refractivity contribution in [2.75, 3.05) is 0 Å². The molecule has 0 bridgehead atoms. The van der Waals surface area contributed by atoms with Gasteiger partial charge in [0.25, 0.3) is 0 Å². The number of benzene rings is 5. The zero-order valence-corrected chi connectivity index (χ0v) is 28.0. The lowest BCUT2D eigenvalue weighted by molar-refractivity contribution is 1.28. The number of hydrogen-bond donors (Lipinski definition) is 0. The molecule has 0 aliphatic heterocycles. The summed E-state index contributed by atoms with van der Waals surface area (Å²) in [5, 5.41) is 4.21. The lowest BCUT2D eigenvalue weighted by Gasteiger charge is -2.13. The molecule has 0 saturated heterocycles. The number of rotatable bonds is 5. The smallest absolute Gasteiger partial charge is 0.0979 e. The molecular formula is C47H29N5. The Morgan fingerprint density at radius 2 is 0.865 bits per heavy atom. The summed E-state index contributed by atoms with van der Waals surface area (Å²) in [4.78, 5) is 25.0. The molecular weight excluding hydrogens is 635 g/mol. The molecule has 0 atom stereocenters. The molecule has 0 unspecified atom stereocenters. The zero-order chi connectivity index (χ0) is 34.4. The van der Waals surface area contributed by atoms with E-state index in [1.54, 1.807) is 6.20 Å². The Labute approximate surface area is 300 Å². The number of nitrogens with zero attached hydrogens (tertiary/aromatic N) is 5. The maximum Gasteiger partial charge on any atom is 0.0979 e. The first kappa shape index (κ1) is 29.8. The maximum atomic E-state index is 5.25. The Morgan fingerprint density at radius 1 is 0.308 bits per heavy atom. The molecule has 5 aromatic carbocycles. The van der Waals surface area contributed by atoms with E-state index in [4.69, 9.17) is 19.9 Å². The van der Waals surface area contributed by atoms with Crippen LogP contribution in [-0.2, 0) is 0 Å². The molecule has 5 nitrogen and oxygen atoms in total. The molecule has 5 heterocycles. The monoisotopic (exact) mass is 663 g/mol. The van der Waals surface area contributed by atoms with Crippen molar-refractivity contribution in [2.24, 2.45) is 0 Å². The third kappa shape index (κ3) is 5.32. The quantitative estimate of drug-likeness (QED) is 0.171. The Balaban J connectivity index is 1.06. The van der Waals surface area contributed by atoms with E-state index >= 15 is 0 Å². The molecule has 0 spiro atoms. The van der Waals surface area contributed by atoms with Crippen molar-refractivity contribution < 1.29 is 0 Å². The Morgan fingerprint density at radius 3 is 1.52 bits per heavy atom. The predicted molar refractivity (Wildman–Crippen MR) is 213 cm³/mol. The molecule has 10 rings (SSSR count). The SMILES string of the molecule is c1ccc(-c2ccc3cc(-c4ccc5cc(-c6ccc7nc(-c8ccccn8)ccc7c6)ccc5n4)c4ccc(-c5ccccc5)nc4c3n2)cc1. The summed E-state index contributed by atoms with van der Waals surface area (Å²) in [7, 11) is 0. The third-order valence-electron chi connectivity index (χ3n) is 9.69. The van der Waals surface area contributed by atoms with Crippen LogP contribution in [0.1, 0.15) is 0 Å². The molecule has 0 amide bonds. The predicted octanol–water partition coefficient (Wildman–Crippen LogP) is 11.6. The topological polar surface area (TPSA) is 64.5 Å². The van der Waals surface area contributed by atoms with Crippen LogP contribution in [0.5, 0.6) is 0 Å². The number of hydrogen-bond acceptors (Lipinski definition) is 5. The van der Waals surface area contributed by atoms with Gasteiger partial charge in [-0.25, -0.2) is 19.9 Å². The van der Waals surface area contributed by atoms with Crippen LogP contribution in [0.2, 0.25) is 0 Å². The highest BCUT2D eigenvalue weighted by Crippen LogP contribution is 2.36. The Hall–Kier alpha value is -7.11. The molecule has 242 valence electrons. The number of aromatic nitrogens is 5. The average molecular weight is 664 g/mol. The summed E-state index contributed by atoms with van der Waals surface area (Å²) in [6.45, 7) is 0. The van der Waals surface area contributed by atoms with Crippen LogP contribution < -0.4 is 0 Å². The van der Waals surface area contributed by atoms with Crippen LogP contribution in [0.25, 0.3) is 99.9 Å². The minimum absolute atomic E-state index is 0.863. The van der Waals surface area contributed by atoms with Gasteiger partial charge >= 0.3 is 0 Å². The van der Waals surface area contributed by atoms with Crippen LogP contribution in [0.4, 0.5) is 0 Å². The fraction of sp³-hybridized carbons (Fsp3) is 0. The van der Waals surface area contributed by atoms with Gasteiger partial charge in [0.15, 0.2) is 0 Å². The summed E-state index contributed by atoms with van der Waals surface area (Å²) in [5.41, 5.74) is 13.5. The van der Waals surface area contributed by atoms with Gasteiger partial charge in [-0.15, -0.1) is 0 Å². The molecule has 5 aromatic heterocycles. The summed E-state index contributed by atoms with van der Waals surface area (Å²) < 4.78 is 0. The van der Waals surface area contributed by atoms with Crippen LogP contribution >= 0.6 is 0 Å². The van der Waals surface area contributed by atoms with Gasteiger partial charge in [-0.1, -0.05) is 97.1 Å². The van der Waals surface area contributed by atoms with Crippen LogP contribution in [0.15, 0.2) is 176 Å². The highest BCUT2D eigenvalue weighted by molar-refractivity contribution is 6.11. The van der Waals surface area contributed by atoms with E-state index in [1.165, 1.54) is 0 Å². The van der Waals surface area contributed by atoms with E-state index in [0.717, 1.165) is 99.9 Å². The van der Waals surface area contributed by atoms with Crippen molar-refractivity contribution in [1.29, 1.82) is 0 Å². The summed E-state index contributed by atoms with van der Waals surface area (Å²) in [5.74, 6) is 0. The average Bonchev–Trinajstić information content (AvgIpc) is 3.23. The number of fused-ring (bicyclic) bond motifs is 5. The first-order valence-corrected chi connectivity index (χ1v) is 17.3. The second-order valence-corrected chi connectivity index (χ2v) is 12.9.